The van der Waals surface area contributed by atoms with E-state index in [0.717, 1.165) is 12.1 Å². The van der Waals surface area contributed by atoms with Crippen molar-refractivity contribution >= 4 is 0 Å². The minimum Gasteiger partial charge on any atom is -0.388 e. The van der Waals surface area contributed by atoms with Crippen LogP contribution in [0.4, 0.5) is 0 Å². The molecule has 1 rings (SSSR count). The highest BCUT2D eigenvalue weighted by Crippen LogP contribution is 2.16. The van der Waals surface area contributed by atoms with Gasteiger partial charge in [0.05, 0.1) is 17.7 Å². The Bertz CT molecular complexity index is 338. The van der Waals surface area contributed by atoms with Crippen LogP contribution < -0.4 is 0 Å². The molecule has 0 amide bonds. The Labute approximate surface area is 90.6 Å². The van der Waals surface area contributed by atoms with E-state index in [0.29, 0.717) is 12.0 Å². The van der Waals surface area contributed by atoms with Crippen molar-refractivity contribution in [2.45, 2.75) is 12.5 Å². The molecular formula is C12H16N2O. The molecule has 0 aliphatic rings. The number of benzene rings is 1. The Morgan fingerprint density at radius 2 is 1.93 bits per heavy atom. The number of nitriles is 1. The quantitative estimate of drug-likeness (QED) is 0.809. The van der Waals surface area contributed by atoms with Crippen LogP contribution in [-0.2, 0) is 0 Å². The maximum Gasteiger partial charge on any atom is 0.0991 e. The van der Waals surface area contributed by atoms with E-state index < -0.39 is 6.10 Å². The topological polar surface area (TPSA) is 47.3 Å². The van der Waals surface area contributed by atoms with E-state index in [1.54, 1.807) is 24.3 Å². The lowest BCUT2D eigenvalue weighted by Gasteiger charge is -2.14. The Kier molecular flexibility index (Phi) is 4.29. The summed E-state index contributed by atoms with van der Waals surface area (Å²) in [5.74, 6) is 0. The second kappa shape index (κ2) is 5.50. The van der Waals surface area contributed by atoms with Gasteiger partial charge in [0.25, 0.3) is 0 Å². The molecule has 0 saturated heterocycles. The predicted octanol–water partition coefficient (Wildman–Crippen LogP) is 1.54. The molecule has 0 heterocycles. The molecule has 0 aromatic heterocycles. The first-order chi connectivity index (χ1) is 7.13. The lowest BCUT2D eigenvalue weighted by molar-refractivity contribution is 0.154. The van der Waals surface area contributed by atoms with Crippen LogP contribution in [0.25, 0.3) is 0 Å². The summed E-state index contributed by atoms with van der Waals surface area (Å²) in [6, 6.07) is 9.12. The van der Waals surface area contributed by atoms with Crippen molar-refractivity contribution in [2.24, 2.45) is 0 Å². The third kappa shape index (κ3) is 3.70. The zero-order chi connectivity index (χ0) is 11.3. The lowest BCUT2D eigenvalue weighted by atomic mass is 10.0. The van der Waals surface area contributed by atoms with Gasteiger partial charge in [0.1, 0.15) is 0 Å². The fourth-order valence-corrected chi connectivity index (χ4v) is 1.33. The largest absolute Gasteiger partial charge is 0.388 e. The van der Waals surface area contributed by atoms with Gasteiger partial charge in [0.2, 0.25) is 0 Å². The number of hydrogen-bond donors (Lipinski definition) is 1. The van der Waals surface area contributed by atoms with Crippen molar-refractivity contribution < 1.29 is 5.11 Å². The first-order valence-corrected chi connectivity index (χ1v) is 4.96. The monoisotopic (exact) mass is 204 g/mol. The van der Waals surface area contributed by atoms with Crippen molar-refractivity contribution in [1.82, 2.24) is 4.90 Å². The van der Waals surface area contributed by atoms with Crippen LogP contribution in [0, 0.1) is 11.3 Å². The van der Waals surface area contributed by atoms with Gasteiger partial charge in [-0.2, -0.15) is 5.26 Å². The predicted molar refractivity (Wildman–Crippen MR) is 59.3 cm³/mol. The highest BCUT2D eigenvalue weighted by Gasteiger charge is 2.07. The molecule has 1 unspecified atom stereocenters. The fraction of sp³-hybridized carbons (Fsp3) is 0.417. The third-order valence-electron chi connectivity index (χ3n) is 2.27. The number of nitrogens with zero attached hydrogens (tertiary/aromatic N) is 2. The van der Waals surface area contributed by atoms with Crippen LogP contribution in [0.2, 0.25) is 0 Å². The summed E-state index contributed by atoms with van der Waals surface area (Å²) in [6.07, 6.45) is 0.263. The SMILES string of the molecule is CN(C)CCC(O)c1ccc(C#N)cc1. The van der Waals surface area contributed by atoms with E-state index in [2.05, 4.69) is 6.07 Å². The molecule has 0 saturated carbocycles. The minimum atomic E-state index is -0.444. The van der Waals surface area contributed by atoms with Crippen molar-refractivity contribution in [3.05, 3.63) is 35.4 Å². The van der Waals surface area contributed by atoms with Crippen molar-refractivity contribution in [1.29, 1.82) is 5.26 Å². The molecule has 1 aromatic rings. The van der Waals surface area contributed by atoms with Crippen LogP contribution >= 0.6 is 0 Å². The number of hydrogen-bond acceptors (Lipinski definition) is 3. The second-order valence-electron chi connectivity index (χ2n) is 3.84. The summed E-state index contributed by atoms with van der Waals surface area (Å²) in [5, 5.41) is 18.4. The molecule has 80 valence electrons. The fourth-order valence-electron chi connectivity index (χ4n) is 1.33. The zero-order valence-electron chi connectivity index (χ0n) is 9.14. The van der Waals surface area contributed by atoms with Gasteiger partial charge >= 0.3 is 0 Å². The number of aliphatic hydroxyl groups is 1. The van der Waals surface area contributed by atoms with Crippen LogP contribution in [0.3, 0.4) is 0 Å². The molecule has 0 bridgehead atoms. The van der Waals surface area contributed by atoms with E-state index in [4.69, 9.17) is 5.26 Å². The molecule has 0 aliphatic heterocycles. The molecule has 0 fully saturated rings. The van der Waals surface area contributed by atoms with E-state index in [1.165, 1.54) is 0 Å². The normalized spacial score (nSPS) is 12.5. The van der Waals surface area contributed by atoms with Crippen LogP contribution in [0.1, 0.15) is 23.7 Å². The van der Waals surface area contributed by atoms with Crippen LogP contribution in [0.5, 0.6) is 0 Å². The molecule has 3 heteroatoms. The van der Waals surface area contributed by atoms with E-state index in [-0.39, 0.29) is 0 Å². The lowest BCUT2D eigenvalue weighted by Crippen LogP contribution is -2.15. The van der Waals surface area contributed by atoms with Crippen molar-refractivity contribution in [2.75, 3.05) is 20.6 Å². The van der Waals surface area contributed by atoms with Gasteiger partial charge in [0.15, 0.2) is 0 Å². The Hall–Kier alpha value is -1.37. The molecule has 1 N–H and O–H groups in total. The van der Waals surface area contributed by atoms with Gasteiger partial charge in [0, 0.05) is 6.54 Å². The van der Waals surface area contributed by atoms with Gasteiger partial charge in [-0.3, -0.25) is 0 Å². The van der Waals surface area contributed by atoms with Gasteiger partial charge < -0.3 is 10.0 Å². The Morgan fingerprint density at radius 1 is 1.33 bits per heavy atom. The molecular weight excluding hydrogens is 188 g/mol. The van der Waals surface area contributed by atoms with E-state index in [1.807, 2.05) is 19.0 Å². The van der Waals surface area contributed by atoms with Gasteiger partial charge in [-0.1, -0.05) is 12.1 Å². The standard InChI is InChI=1S/C12H16N2O/c1-14(2)8-7-12(15)11-5-3-10(9-13)4-6-11/h3-6,12,15H,7-8H2,1-2H3. The molecule has 0 aliphatic carbocycles. The molecule has 3 nitrogen and oxygen atoms in total. The first-order valence-electron chi connectivity index (χ1n) is 4.96. The second-order valence-corrected chi connectivity index (χ2v) is 3.84. The summed E-state index contributed by atoms with van der Waals surface area (Å²) >= 11 is 0. The molecule has 0 spiro atoms. The van der Waals surface area contributed by atoms with Crippen LogP contribution in [-0.4, -0.2) is 30.6 Å². The number of aliphatic hydroxyl groups excluding tert-OH is 1. The maximum atomic E-state index is 9.82. The Balaban J connectivity index is 2.58. The summed E-state index contributed by atoms with van der Waals surface area (Å²) in [5.41, 5.74) is 1.49. The molecule has 15 heavy (non-hydrogen) atoms. The maximum absolute atomic E-state index is 9.82. The van der Waals surface area contributed by atoms with Gasteiger partial charge in [-0.15, -0.1) is 0 Å². The van der Waals surface area contributed by atoms with E-state index in [9.17, 15) is 5.11 Å². The Morgan fingerprint density at radius 3 is 2.40 bits per heavy atom. The molecule has 1 aromatic carbocycles. The zero-order valence-corrected chi connectivity index (χ0v) is 9.14. The van der Waals surface area contributed by atoms with Gasteiger partial charge in [-0.05, 0) is 38.2 Å². The third-order valence-corrected chi connectivity index (χ3v) is 2.27. The number of rotatable bonds is 4. The van der Waals surface area contributed by atoms with Crippen LogP contribution in [0.15, 0.2) is 24.3 Å². The summed E-state index contributed by atoms with van der Waals surface area (Å²) in [7, 11) is 3.96. The molecule has 0 radical (unpaired) electrons. The summed E-state index contributed by atoms with van der Waals surface area (Å²) in [6.45, 7) is 0.848. The van der Waals surface area contributed by atoms with Gasteiger partial charge in [-0.25, -0.2) is 0 Å². The highest BCUT2D eigenvalue weighted by molar-refractivity contribution is 5.32. The molecule has 1 atom stereocenters. The smallest absolute Gasteiger partial charge is 0.0991 e. The highest BCUT2D eigenvalue weighted by atomic mass is 16.3. The van der Waals surface area contributed by atoms with Crippen molar-refractivity contribution in [3.63, 3.8) is 0 Å². The first kappa shape index (κ1) is 11.7. The van der Waals surface area contributed by atoms with E-state index >= 15 is 0 Å². The summed E-state index contributed by atoms with van der Waals surface area (Å²) in [4.78, 5) is 2.03. The van der Waals surface area contributed by atoms with Crippen molar-refractivity contribution in [3.8, 4) is 6.07 Å². The minimum absolute atomic E-state index is 0.444. The average molecular weight is 204 g/mol. The average Bonchev–Trinajstić information content (AvgIpc) is 2.26. The summed E-state index contributed by atoms with van der Waals surface area (Å²) < 4.78 is 0.